The number of carbonyl (C=O) groups excluding carboxylic acids is 4. The lowest BCUT2D eigenvalue weighted by Gasteiger charge is -2.30. The van der Waals surface area contributed by atoms with E-state index in [2.05, 4.69) is 15.1 Å². The molecular formula is C45H52N6O6. The topological polar surface area (TPSA) is 138 Å². The van der Waals surface area contributed by atoms with Gasteiger partial charge in [0, 0.05) is 68.6 Å². The van der Waals surface area contributed by atoms with Crippen LogP contribution >= 0.6 is 0 Å². The number of hydrogen-bond acceptors (Lipinski definition) is 8. The second-order valence-electron chi connectivity index (χ2n) is 15.0. The molecule has 4 aromatic carbocycles. The first-order valence-corrected chi connectivity index (χ1v) is 20.1. The predicted molar refractivity (Wildman–Crippen MR) is 218 cm³/mol. The molecule has 298 valence electrons. The summed E-state index contributed by atoms with van der Waals surface area (Å²) in [4.78, 5) is 57.3. The smallest absolute Gasteiger partial charge is 0.254 e. The van der Waals surface area contributed by atoms with Gasteiger partial charge in [0.2, 0.25) is 5.91 Å². The maximum atomic E-state index is 12.8. The van der Waals surface area contributed by atoms with Crippen LogP contribution in [0.2, 0.25) is 0 Å². The van der Waals surface area contributed by atoms with Crippen LogP contribution in [0.1, 0.15) is 78.2 Å². The number of amides is 4. The Morgan fingerprint density at radius 2 is 0.965 bits per heavy atom. The van der Waals surface area contributed by atoms with Crippen LogP contribution in [0.3, 0.4) is 0 Å². The van der Waals surface area contributed by atoms with E-state index in [0.29, 0.717) is 34.1 Å². The maximum Gasteiger partial charge on any atom is 0.254 e. The van der Waals surface area contributed by atoms with Crippen molar-refractivity contribution in [1.29, 1.82) is 0 Å². The van der Waals surface area contributed by atoms with Crippen LogP contribution in [-0.4, -0.2) is 116 Å². The molecule has 0 radical (unpaired) electrons. The van der Waals surface area contributed by atoms with Gasteiger partial charge in [-0.25, -0.2) is 0 Å². The van der Waals surface area contributed by atoms with E-state index in [1.807, 2.05) is 46.2 Å². The minimum Gasteiger partial charge on any atom is -0.457 e. The Kier molecular flexibility index (Phi) is 12.8. The van der Waals surface area contributed by atoms with Gasteiger partial charge in [0.1, 0.15) is 23.0 Å². The molecule has 8 rings (SSSR count). The van der Waals surface area contributed by atoms with Crippen LogP contribution in [0, 0.1) is 0 Å². The molecule has 4 aliphatic rings. The van der Waals surface area contributed by atoms with Crippen molar-refractivity contribution in [3.8, 4) is 23.0 Å². The van der Waals surface area contributed by atoms with Gasteiger partial charge in [-0.3, -0.25) is 19.2 Å². The Labute approximate surface area is 334 Å². The van der Waals surface area contributed by atoms with Crippen molar-refractivity contribution < 1.29 is 28.7 Å². The molecule has 2 fully saturated rings. The summed E-state index contributed by atoms with van der Waals surface area (Å²) in [5.74, 6) is 2.31. The monoisotopic (exact) mass is 772 g/mol. The number of rotatable bonds is 12. The quantitative estimate of drug-likeness (QED) is 0.190. The zero-order valence-corrected chi connectivity index (χ0v) is 32.7. The lowest BCUT2D eigenvalue weighted by molar-refractivity contribution is 0.0716. The van der Waals surface area contributed by atoms with Gasteiger partial charge in [-0.1, -0.05) is 0 Å². The highest BCUT2D eigenvalue weighted by Gasteiger charge is 2.27. The van der Waals surface area contributed by atoms with Crippen molar-refractivity contribution in [2.24, 2.45) is 5.73 Å². The van der Waals surface area contributed by atoms with E-state index in [0.717, 1.165) is 101 Å². The largest absolute Gasteiger partial charge is 0.457 e. The highest BCUT2D eigenvalue weighted by molar-refractivity contribution is 5.98. The standard InChI is InChI=1S/C23H27N3O3.C22H25N3O3/c1-24-22(27)17-4-6-19(7-5-17)29-20-8-9-21-18(16-20)10-13-26(23(21)28)15-14-25-11-2-3-12-25;23-21(26)16-3-5-18(6-4-16)28-19-7-8-20-17(15-19)9-12-25(22(20)27)14-13-24-10-1-2-11-24/h4-9,16H,2-3,10-15H2,1H3,(H,24,27);3-8,15H,1-2,9-14H2,(H2,23,26). The van der Waals surface area contributed by atoms with E-state index in [4.69, 9.17) is 15.2 Å². The number of hydrogen-bond donors (Lipinski definition) is 2. The maximum absolute atomic E-state index is 12.8. The van der Waals surface area contributed by atoms with Crippen molar-refractivity contribution in [2.75, 3.05) is 72.5 Å². The molecule has 0 atom stereocenters. The summed E-state index contributed by atoms with van der Waals surface area (Å²) in [5, 5.41) is 2.60. The Hall–Kier alpha value is -5.72. The fourth-order valence-corrected chi connectivity index (χ4v) is 7.89. The molecule has 0 saturated carbocycles. The van der Waals surface area contributed by atoms with Gasteiger partial charge in [-0.2, -0.15) is 0 Å². The summed E-state index contributed by atoms with van der Waals surface area (Å²) in [6.07, 6.45) is 6.75. The highest BCUT2D eigenvalue weighted by Crippen LogP contribution is 2.29. The third kappa shape index (κ3) is 10.00. The SMILES string of the molecule is CNC(=O)c1ccc(Oc2ccc3c(c2)CCN(CCN2CCCC2)C3=O)cc1.NC(=O)c1ccc(Oc2ccc3c(c2)CCN(CCN2CCCC2)C3=O)cc1. The molecule has 4 heterocycles. The van der Waals surface area contributed by atoms with Crippen molar-refractivity contribution in [3.63, 3.8) is 0 Å². The minimum atomic E-state index is -0.465. The summed E-state index contributed by atoms with van der Waals surface area (Å²) < 4.78 is 11.8. The van der Waals surface area contributed by atoms with Crippen LogP contribution in [0.25, 0.3) is 0 Å². The third-order valence-corrected chi connectivity index (χ3v) is 11.2. The van der Waals surface area contributed by atoms with Crippen molar-refractivity contribution in [3.05, 3.63) is 118 Å². The van der Waals surface area contributed by atoms with Gasteiger partial charge in [-0.15, -0.1) is 0 Å². The number of carbonyl (C=O) groups is 4. The number of benzene rings is 4. The van der Waals surface area contributed by atoms with E-state index in [-0.39, 0.29) is 17.7 Å². The number of fused-ring (bicyclic) bond motifs is 2. The molecule has 0 aromatic heterocycles. The van der Waals surface area contributed by atoms with Crippen LogP contribution in [-0.2, 0) is 12.8 Å². The zero-order chi connectivity index (χ0) is 39.7. The second kappa shape index (κ2) is 18.5. The predicted octanol–water partition coefficient (Wildman–Crippen LogP) is 5.60. The number of primary amides is 1. The number of nitrogens with two attached hydrogens (primary N) is 1. The average molecular weight is 773 g/mol. The minimum absolute atomic E-state index is 0.109. The fraction of sp³-hybridized carbons (Fsp3) is 0.378. The molecule has 4 amide bonds. The van der Waals surface area contributed by atoms with E-state index < -0.39 is 5.91 Å². The summed E-state index contributed by atoms with van der Waals surface area (Å²) >= 11 is 0. The third-order valence-electron chi connectivity index (χ3n) is 11.2. The molecule has 0 spiro atoms. The Bertz CT molecular complexity index is 2060. The van der Waals surface area contributed by atoms with E-state index in [1.54, 1.807) is 55.6 Å². The van der Waals surface area contributed by atoms with Crippen molar-refractivity contribution in [2.45, 2.75) is 38.5 Å². The van der Waals surface area contributed by atoms with Gasteiger partial charge in [0.05, 0.1) is 0 Å². The van der Waals surface area contributed by atoms with E-state index in [9.17, 15) is 19.2 Å². The van der Waals surface area contributed by atoms with Crippen LogP contribution < -0.4 is 20.5 Å². The Morgan fingerprint density at radius 3 is 1.37 bits per heavy atom. The molecule has 4 aromatic rings. The van der Waals surface area contributed by atoms with Gasteiger partial charge in [0.15, 0.2) is 0 Å². The molecule has 12 nitrogen and oxygen atoms in total. The number of nitrogens with zero attached hydrogens (tertiary/aromatic N) is 4. The number of ether oxygens (including phenoxy) is 2. The second-order valence-corrected chi connectivity index (χ2v) is 15.0. The first kappa shape index (κ1) is 39.5. The van der Waals surface area contributed by atoms with Gasteiger partial charge in [0.25, 0.3) is 17.7 Å². The van der Waals surface area contributed by atoms with Gasteiger partial charge < -0.3 is 40.1 Å². The van der Waals surface area contributed by atoms with Crippen molar-refractivity contribution >= 4 is 23.6 Å². The molecular weight excluding hydrogens is 721 g/mol. The first-order valence-electron chi connectivity index (χ1n) is 20.1. The molecule has 0 aliphatic carbocycles. The average Bonchev–Trinajstić information content (AvgIpc) is 3.96. The van der Waals surface area contributed by atoms with Crippen molar-refractivity contribution in [1.82, 2.24) is 24.9 Å². The number of nitrogens with one attached hydrogen (secondary N) is 1. The van der Waals surface area contributed by atoms with E-state index >= 15 is 0 Å². The molecule has 57 heavy (non-hydrogen) atoms. The normalized spacial score (nSPS) is 16.7. The molecule has 2 saturated heterocycles. The molecule has 4 aliphatic heterocycles. The lowest BCUT2D eigenvalue weighted by Crippen LogP contribution is -2.42. The summed E-state index contributed by atoms with van der Waals surface area (Å²) in [5.41, 5.74) is 9.89. The van der Waals surface area contributed by atoms with Crippen LogP contribution in [0.15, 0.2) is 84.9 Å². The van der Waals surface area contributed by atoms with Crippen LogP contribution in [0.4, 0.5) is 0 Å². The molecule has 0 unspecified atom stereocenters. The zero-order valence-electron chi connectivity index (χ0n) is 32.7. The summed E-state index contributed by atoms with van der Waals surface area (Å²) in [6.45, 7) is 9.64. The first-order chi connectivity index (χ1) is 27.7. The Morgan fingerprint density at radius 1 is 0.561 bits per heavy atom. The Balaban J connectivity index is 0.000000174. The molecule has 0 bridgehead atoms. The fourth-order valence-electron chi connectivity index (χ4n) is 7.89. The lowest BCUT2D eigenvalue weighted by atomic mass is 9.98. The summed E-state index contributed by atoms with van der Waals surface area (Å²) in [6, 6.07) is 25.0. The van der Waals surface area contributed by atoms with Crippen LogP contribution in [0.5, 0.6) is 23.0 Å². The molecule has 12 heteroatoms. The number of likely N-dealkylation sites (tertiary alicyclic amines) is 2. The van der Waals surface area contributed by atoms with E-state index in [1.165, 1.54) is 25.7 Å². The highest BCUT2D eigenvalue weighted by atomic mass is 16.5. The van der Waals surface area contributed by atoms with Gasteiger partial charge in [-0.05, 0) is 161 Å². The van der Waals surface area contributed by atoms with Gasteiger partial charge >= 0.3 is 0 Å². The summed E-state index contributed by atoms with van der Waals surface area (Å²) in [7, 11) is 1.61. The molecule has 3 N–H and O–H groups in total.